The molecular weight excluding hydrogens is 189 g/mol. The summed E-state index contributed by atoms with van der Waals surface area (Å²) in [5, 5.41) is 18.0. The summed E-state index contributed by atoms with van der Waals surface area (Å²) in [5.41, 5.74) is 5.40. The predicted octanol–water partition coefficient (Wildman–Crippen LogP) is 0.924. The molecule has 1 rings (SSSR count). The number of phenolic OH excluding ortho intramolecular Hbond substituents is 1. The highest BCUT2D eigenvalue weighted by Gasteiger charge is 2.20. The largest absolute Gasteiger partial charge is 0.507 e. The van der Waals surface area contributed by atoms with Gasteiger partial charge >= 0.3 is 5.97 Å². The first-order valence-electron chi connectivity index (χ1n) is 3.91. The molecule has 0 aliphatic carbocycles. The van der Waals surface area contributed by atoms with Gasteiger partial charge in [-0.2, -0.15) is 0 Å². The highest BCUT2D eigenvalue weighted by molar-refractivity contribution is 5.76. The molecule has 0 fully saturated rings. The summed E-state index contributed by atoms with van der Waals surface area (Å²) in [6, 6.07) is 0.610. The number of aliphatic carboxylic acids is 1. The van der Waals surface area contributed by atoms with Crippen LogP contribution in [-0.2, 0) is 4.79 Å². The molecule has 0 bridgehead atoms. The summed E-state index contributed by atoms with van der Waals surface area (Å²) in [5.74, 6) is -2.21. The van der Waals surface area contributed by atoms with Crippen molar-refractivity contribution >= 4 is 5.97 Å². The minimum atomic E-state index is -1.41. The summed E-state index contributed by atoms with van der Waals surface area (Å²) in [6.45, 7) is 1.47. The summed E-state index contributed by atoms with van der Waals surface area (Å²) < 4.78 is 12.9. The van der Waals surface area contributed by atoms with Crippen molar-refractivity contribution in [2.24, 2.45) is 5.73 Å². The number of hydrogen-bond acceptors (Lipinski definition) is 3. The van der Waals surface area contributed by atoms with Crippen molar-refractivity contribution in [2.75, 3.05) is 0 Å². The normalized spacial score (nSPS) is 12.5. The van der Waals surface area contributed by atoms with Gasteiger partial charge in [0.05, 0.1) is 0 Å². The molecule has 4 nitrogen and oxygen atoms in total. The van der Waals surface area contributed by atoms with E-state index in [1.807, 2.05) is 0 Å². The Kier molecular flexibility index (Phi) is 2.71. The SMILES string of the molecule is Cc1cc(F)cc(C(N)C(=O)O)c1O. The summed E-state index contributed by atoms with van der Waals surface area (Å²) in [7, 11) is 0. The van der Waals surface area contributed by atoms with Crippen LogP contribution in [0.2, 0.25) is 0 Å². The summed E-state index contributed by atoms with van der Waals surface area (Å²) >= 11 is 0. The predicted molar refractivity (Wildman–Crippen MR) is 47.4 cm³/mol. The molecule has 0 heterocycles. The number of halogens is 1. The highest BCUT2D eigenvalue weighted by atomic mass is 19.1. The molecule has 0 amide bonds. The van der Waals surface area contributed by atoms with Gasteiger partial charge in [0.25, 0.3) is 0 Å². The maximum Gasteiger partial charge on any atom is 0.325 e. The molecule has 1 aromatic rings. The van der Waals surface area contributed by atoms with Gasteiger partial charge in [0, 0.05) is 5.56 Å². The van der Waals surface area contributed by atoms with Crippen LogP contribution in [0.15, 0.2) is 12.1 Å². The second-order valence-electron chi connectivity index (χ2n) is 2.98. The van der Waals surface area contributed by atoms with E-state index in [0.717, 1.165) is 12.1 Å². The Morgan fingerprint density at radius 3 is 2.64 bits per heavy atom. The van der Waals surface area contributed by atoms with E-state index in [0.29, 0.717) is 0 Å². The van der Waals surface area contributed by atoms with Gasteiger partial charge in [0.15, 0.2) is 0 Å². The van der Waals surface area contributed by atoms with Gasteiger partial charge in [0.1, 0.15) is 17.6 Å². The zero-order valence-electron chi connectivity index (χ0n) is 7.49. The number of rotatable bonds is 2. The van der Waals surface area contributed by atoms with E-state index < -0.39 is 17.8 Å². The van der Waals surface area contributed by atoms with Crippen molar-refractivity contribution in [1.29, 1.82) is 0 Å². The Morgan fingerprint density at radius 1 is 1.57 bits per heavy atom. The van der Waals surface area contributed by atoms with Crippen molar-refractivity contribution in [3.63, 3.8) is 0 Å². The molecule has 0 aliphatic heterocycles. The van der Waals surface area contributed by atoms with Gasteiger partial charge in [-0.05, 0) is 24.6 Å². The second-order valence-corrected chi connectivity index (χ2v) is 2.98. The van der Waals surface area contributed by atoms with E-state index in [2.05, 4.69) is 0 Å². The van der Waals surface area contributed by atoms with Crippen molar-refractivity contribution < 1.29 is 19.4 Å². The third-order valence-corrected chi connectivity index (χ3v) is 1.90. The van der Waals surface area contributed by atoms with E-state index in [1.165, 1.54) is 6.92 Å². The molecule has 4 N–H and O–H groups in total. The Balaban J connectivity index is 3.26. The van der Waals surface area contributed by atoms with Crippen LogP contribution in [0.1, 0.15) is 17.2 Å². The minimum absolute atomic E-state index is 0.116. The Hall–Kier alpha value is -1.62. The number of hydrogen-bond donors (Lipinski definition) is 3. The van der Waals surface area contributed by atoms with E-state index in [9.17, 15) is 14.3 Å². The Bertz CT molecular complexity index is 379. The average molecular weight is 199 g/mol. The number of benzene rings is 1. The average Bonchev–Trinajstić information content (AvgIpc) is 2.09. The molecule has 1 atom stereocenters. The third kappa shape index (κ3) is 1.82. The molecule has 0 spiro atoms. The topological polar surface area (TPSA) is 83.6 Å². The molecule has 0 aromatic heterocycles. The fourth-order valence-electron chi connectivity index (χ4n) is 1.13. The van der Waals surface area contributed by atoms with Crippen molar-refractivity contribution in [2.45, 2.75) is 13.0 Å². The number of phenols is 1. The van der Waals surface area contributed by atoms with Gasteiger partial charge in [-0.1, -0.05) is 0 Å². The lowest BCUT2D eigenvalue weighted by atomic mass is 10.0. The zero-order valence-corrected chi connectivity index (χ0v) is 7.49. The monoisotopic (exact) mass is 199 g/mol. The highest BCUT2D eigenvalue weighted by Crippen LogP contribution is 2.27. The van der Waals surface area contributed by atoms with Gasteiger partial charge in [-0.3, -0.25) is 4.79 Å². The van der Waals surface area contributed by atoms with Gasteiger partial charge < -0.3 is 15.9 Å². The maximum absolute atomic E-state index is 12.9. The molecular formula is C9H10FNO3. The first kappa shape index (κ1) is 10.5. The zero-order chi connectivity index (χ0) is 10.9. The number of carboxylic acids is 1. The molecule has 76 valence electrons. The second kappa shape index (κ2) is 3.63. The fourth-order valence-corrected chi connectivity index (χ4v) is 1.13. The van der Waals surface area contributed by atoms with Crippen LogP contribution in [-0.4, -0.2) is 16.2 Å². The molecule has 5 heteroatoms. The first-order valence-corrected chi connectivity index (χ1v) is 3.91. The van der Waals surface area contributed by atoms with Crippen LogP contribution in [0.5, 0.6) is 5.75 Å². The molecule has 1 aromatic carbocycles. The van der Waals surface area contributed by atoms with Gasteiger partial charge in [0.2, 0.25) is 0 Å². The van der Waals surface area contributed by atoms with Crippen molar-refractivity contribution in [3.8, 4) is 5.75 Å². The Morgan fingerprint density at radius 2 is 2.14 bits per heavy atom. The standard InChI is InChI=1S/C9H10FNO3/c1-4-2-5(10)3-6(8(4)12)7(11)9(13)14/h2-3,7,12H,11H2,1H3,(H,13,14). The van der Waals surface area contributed by atoms with Crippen molar-refractivity contribution in [3.05, 3.63) is 29.1 Å². The van der Waals surface area contributed by atoms with Crippen LogP contribution in [0.25, 0.3) is 0 Å². The molecule has 0 saturated heterocycles. The van der Waals surface area contributed by atoms with Crippen molar-refractivity contribution in [1.82, 2.24) is 0 Å². The van der Waals surface area contributed by atoms with E-state index in [1.54, 1.807) is 0 Å². The molecule has 0 aliphatic rings. The van der Waals surface area contributed by atoms with E-state index in [4.69, 9.17) is 10.8 Å². The lowest BCUT2D eigenvalue weighted by molar-refractivity contribution is -0.138. The van der Waals surface area contributed by atoms with Crippen LogP contribution in [0, 0.1) is 12.7 Å². The molecule has 14 heavy (non-hydrogen) atoms. The Labute approximate surface area is 79.8 Å². The van der Waals surface area contributed by atoms with Crippen LogP contribution in [0.3, 0.4) is 0 Å². The lowest BCUT2D eigenvalue weighted by Crippen LogP contribution is -2.21. The number of aryl methyl sites for hydroxylation is 1. The van der Waals surface area contributed by atoms with Crippen LogP contribution in [0.4, 0.5) is 4.39 Å². The van der Waals surface area contributed by atoms with Crippen LogP contribution < -0.4 is 5.73 Å². The van der Waals surface area contributed by atoms with E-state index in [-0.39, 0.29) is 16.9 Å². The third-order valence-electron chi connectivity index (χ3n) is 1.90. The van der Waals surface area contributed by atoms with Gasteiger partial charge in [-0.25, -0.2) is 4.39 Å². The number of aromatic hydroxyl groups is 1. The van der Waals surface area contributed by atoms with E-state index >= 15 is 0 Å². The quantitative estimate of drug-likeness (QED) is 0.661. The summed E-state index contributed by atoms with van der Waals surface area (Å²) in [6.07, 6.45) is 0. The summed E-state index contributed by atoms with van der Waals surface area (Å²) in [4.78, 5) is 10.5. The maximum atomic E-state index is 12.9. The van der Waals surface area contributed by atoms with Gasteiger partial charge in [-0.15, -0.1) is 0 Å². The molecule has 0 radical (unpaired) electrons. The number of carboxylic acid groups (broad SMARTS) is 1. The molecule has 0 saturated carbocycles. The first-order chi connectivity index (χ1) is 6.43. The smallest absolute Gasteiger partial charge is 0.325 e. The minimum Gasteiger partial charge on any atom is -0.507 e. The molecule has 1 unspecified atom stereocenters. The fraction of sp³-hybridized carbons (Fsp3) is 0.222. The number of nitrogens with two attached hydrogens (primary N) is 1. The lowest BCUT2D eigenvalue weighted by Gasteiger charge is -2.10. The number of carbonyl (C=O) groups is 1. The van der Waals surface area contributed by atoms with Crippen LogP contribution >= 0.6 is 0 Å².